The Bertz CT molecular complexity index is 10100. The molecule has 0 radical (unpaired) electrons. The van der Waals surface area contributed by atoms with Crippen molar-refractivity contribution in [3.63, 3.8) is 0 Å². The Hall–Kier alpha value is -16.3. The number of hydrogen-bond acceptors (Lipinski definition) is 5. The lowest BCUT2D eigenvalue weighted by Gasteiger charge is -2.45. The standard InChI is InChI=1S/C58H62BN3.C40H24O.C36H22O/c1-55(2,3)39-23-29-45(30-24-39)61-50-33-27-41(57(7,8)9)35-48(50)59-49-36-42(58(10,11)12)28-34-51(49)62(46-31-25-40(26-32-46)56(4,5)6)53-38-47(37-52(61)54(53)59)60(43-19-15-13-16-20-43)44-21-17-14-18-22-44;1-3-13-28-25(10-1)12-9-19-30(28)39-33-17-7-5-15-31(33)38(32-16-6-8-18-34(32)39)27-21-22-36-35(24-27)40-29-14-4-2-11-26(29)20-23-37(40)41-36;1-2-10-23(11-3-1)35-27-14-6-8-16-29(27)36(30-17-9-7-15-28(30)35)26-18-19-33-31(21-26)32-20-24-12-4-5-13-25(24)22-34(32)37-33/h13-38H,1-12H3;1-24H;1-22H/i;5D,6D,7D,8D,15D,16D,17D,18D;1D,2D,3D,6D,7D,8D,9D,10D,11D,14D,15D,16D,17D. The summed E-state index contributed by atoms with van der Waals surface area (Å²) in [6.45, 7) is 27.8. The van der Waals surface area contributed by atoms with Gasteiger partial charge in [0.2, 0.25) is 0 Å². The van der Waals surface area contributed by atoms with E-state index in [4.69, 9.17) is 32.1 Å². The van der Waals surface area contributed by atoms with Gasteiger partial charge in [0, 0.05) is 67.0 Å². The Morgan fingerprint density at radius 2 is 0.614 bits per heavy atom. The van der Waals surface area contributed by atoms with Crippen LogP contribution in [0.15, 0.2) is 445 Å². The normalized spacial score (nSPS) is 14.8. The van der Waals surface area contributed by atoms with Crippen LogP contribution in [0.3, 0.4) is 0 Å². The molecule has 5 nitrogen and oxygen atoms in total. The van der Waals surface area contributed by atoms with Crippen molar-refractivity contribution in [2.24, 2.45) is 0 Å². The van der Waals surface area contributed by atoms with Crippen LogP contribution in [-0.4, -0.2) is 6.71 Å². The molecule has 0 spiro atoms. The second-order valence-electron chi connectivity index (χ2n) is 40.7. The summed E-state index contributed by atoms with van der Waals surface area (Å²) >= 11 is 0. The smallest absolute Gasteiger partial charge is 0.252 e. The highest BCUT2D eigenvalue weighted by molar-refractivity contribution is 7.00. The van der Waals surface area contributed by atoms with Gasteiger partial charge in [-0.1, -0.05) is 404 Å². The number of nitrogens with zero attached hydrogens (tertiary/aromatic N) is 3. The maximum atomic E-state index is 9.30. The maximum absolute atomic E-state index is 9.30. The van der Waals surface area contributed by atoms with Crippen molar-refractivity contribution in [2.75, 3.05) is 14.7 Å². The van der Waals surface area contributed by atoms with Crippen LogP contribution in [0.1, 0.15) is 134 Å². The van der Waals surface area contributed by atoms with Crippen molar-refractivity contribution in [3.05, 3.63) is 459 Å². The van der Waals surface area contributed by atoms with Gasteiger partial charge >= 0.3 is 0 Å². The molecule has 22 aromatic carbocycles. The average molecular weight is 1820 g/mol. The number of benzene rings is 22. The third kappa shape index (κ3) is 15.0. The molecule has 0 saturated carbocycles. The molecule has 2 aromatic heterocycles. The highest BCUT2D eigenvalue weighted by atomic mass is 16.3. The zero-order chi connectivity index (χ0) is 113. The predicted molar refractivity (Wildman–Crippen MR) is 602 cm³/mol. The van der Waals surface area contributed by atoms with Gasteiger partial charge in [-0.25, -0.2) is 0 Å². The highest BCUT2D eigenvalue weighted by Gasteiger charge is 2.46. The van der Waals surface area contributed by atoms with Crippen LogP contribution in [0.4, 0.5) is 51.2 Å². The van der Waals surface area contributed by atoms with Crippen molar-refractivity contribution in [2.45, 2.75) is 105 Å². The van der Waals surface area contributed by atoms with E-state index in [1.165, 1.54) is 61.4 Å². The number of anilines is 9. The highest BCUT2D eigenvalue weighted by Crippen LogP contribution is 2.53. The van der Waals surface area contributed by atoms with Gasteiger partial charge in [-0.05, 0) is 295 Å². The zero-order valence-electron chi connectivity index (χ0n) is 101. The Kier molecular flexibility index (Phi) is 16.0. The van der Waals surface area contributed by atoms with E-state index < -0.39 is 108 Å². The van der Waals surface area contributed by atoms with Gasteiger partial charge in [0.25, 0.3) is 6.71 Å². The number of rotatable bonds is 9. The molecule has 0 amide bonds. The Morgan fingerprint density at radius 3 is 1.09 bits per heavy atom. The first-order chi connectivity index (χ1) is 76.7. The van der Waals surface area contributed by atoms with Crippen LogP contribution in [0, 0.1) is 0 Å². The molecule has 4 heterocycles. The van der Waals surface area contributed by atoms with Crippen LogP contribution >= 0.6 is 0 Å². The second kappa shape index (κ2) is 33.9. The fraction of sp³-hybridized carbons (Fsp3) is 0.119. The van der Waals surface area contributed by atoms with Gasteiger partial charge in [0.1, 0.15) is 22.3 Å². The molecule has 26 rings (SSSR count). The largest absolute Gasteiger partial charge is 0.456 e. The molecular formula is C134H108BN3O2. The number of hydrogen-bond donors (Lipinski definition) is 0. The van der Waals surface area contributed by atoms with Gasteiger partial charge in [-0.2, -0.15) is 0 Å². The van der Waals surface area contributed by atoms with Gasteiger partial charge in [0.05, 0.1) is 34.5 Å². The molecule has 140 heavy (non-hydrogen) atoms. The molecule has 0 atom stereocenters. The molecule has 24 aromatic rings. The monoisotopic (exact) mass is 1820 g/mol. The lowest BCUT2D eigenvalue weighted by Crippen LogP contribution is -2.61. The summed E-state index contributed by atoms with van der Waals surface area (Å²) in [5.74, 6) is 0. The molecule has 0 N–H and O–H groups in total. The SMILES string of the molecule is CC(C)(C)c1ccc(N2c3ccc(C(C)(C)C)cc3B3c4cc(C(C)(C)C)ccc4N(c4ccc(C(C)(C)C)cc4)c4cc(N(c5ccccc5)c5ccccc5)cc2c43)cc1.[2H]c1c([2H])c([2H])c(-c2c3c([2H])c([2H])c([2H])c([2H])c3c(-c3ccc4oc5cc6ccccc6cc5c4c3)c3c([2H])c([2H])c([2H])c([2H])c23)c([2H])c1[2H].[2H]c1c([2H])c([2H])c2c(-c3cccc4ccccc34)c3c([2H])c([2H])c([2H])c([2H])c3c(-c3ccc4oc5ccc6ccccc6c5c4c3)c2c1[2H]. The first-order valence-corrected chi connectivity index (χ1v) is 47.6. The Labute approximate surface area is 849 Å². The first-order valence-electron chi connectivity index (χ1n) is 58.1. The number of para-hydroxylation sites is 2. The quantitative estimate of drug-likeness (QED) is 0.106. The molecule has 0 bridgehead atoms. The summed E-state index contributed by atoms with van der Waals surface area (Å²) < 4.78 is 198. The van der Waals surface area contributed by atoms with Crippen molar-refractivity contribution in [1.29, 1.82) is 0 Å². The van der Waals surface area contributed by atoms with Gasteiger partial charge in [0.15, 0.2) is 0 Å². The number of furan rings is 2. The van der Waals surface area contributed by atoms with Crippen molar-refractivity contribution in [1.82, 2.24) is 0 Å². The first kappa shape index (κ1) is 66.2. The zero-order valence-corrected chi connectivity index (χ0v) is 79.7. The van der Waals surface area contributed by atoms with Crippen molar-refractivity contribution >= 4 is 194 Å². The van der Waals surface area contributed by atoms with E-state index in [2.05, 4.69) is 256 Å². The fourth-order valence-electron chi connectivity index (χ4n) is 20.9. The molecule has 2 aliphatic heterocycles. The second-order valence-corrected chi connectivity index (χ2v) is 40.7. The van der Waals surface area contributed by atoms with E-state index in [0.29, 0.717) is 55.5 Å². The molecule has 674 valence electrons. The number of fused-ring (bicyclic) bond motifs is 18. The lowest BCUT2D eigenvalue weighted by molar-refractivity contribution is 0.590. The maximum Gasteiger partial charge on any atom is 0.252 e. The molecule has 0 unspecified atom stereocenters. The van der Waals surface area contributed by atoms with Crippen LogP contribution < -0.4 is 31.1 Å². The minimum absolute atomic E-state index is 0.000692. The Balaban J connectivity index is 0.000000127. The van der Waals surface area contributed by atoms with E-state index >= 15 is 0 Å². The van der Waals surface area contributed by atoms with Gasteiger partial charge < -0.3 is 23.5 Å². The molecule has 2 aliphatic rings. The van der Waals surface area contributed by atoms with Gasteiger partial charge in [-0.3, -0.25) is 0 Å². The molecule has 0 aliphatic carbocycles. The van der Waals surface area contributed by atoms with Crippen LogP contribution in [-0.2, 0) is 21.7 Å². The Morgan fingerprint density at radius 1 is 0.243 bits per heavy atom. The summed E-state index contributed by atoms with van der Waals surface area (Å²) in [5, 5.41) is 8.69. The minimum Gasteiger partial charge on any atom is -0.456 e. The summed E-state index contributed by atoms with van der Waals surface area (Å²) in [7, 11) is 0. The van der Waals surface area contributed by atoms with E-state index in [1.807, 2.05) is 127 Å². The molecule has 6 heteroatoms. The molecule has 0 fully saturated rings. The van der Waals surface area contributed by atoms with Gasteiger partial charge in [-0.15, -0.1) is 0 Å². The van der Waals surface area contributed by atoms with E-state index in [-0.39, 0.29) is 107 Å². The predicted octanol–water partition coefficient (Wildman–Crippen LogP) is 36.3. The van der Waals surface area contributed by atoms with Crippen molar-refractivity contribution < 1.29 is 37.6 Å². The summed E-state index contributed by atoms with van der Waals surface area (Å²) in [6.07, 6.45) is 0. The van der Waals surface area contributed by atoms with Crippen LogP contribution in [0.25, 0.3) is 164 Å². The van der Waals surface area contributed by atoms with E-state index in [9.17, 15) is 5.48 Å². The third-order valence-corrected chi connectivity index (χ3v) is 27.9. The van der Waals surface area contributed by atoms with E-state index in [1.54, 1.807) is 24.3 Å². The molecular weight excluding hydrogens is 1690 g/mol. The lowest BCUT2D eigenvalue weighted by atomic mass is 9.33. The fourth-order valence-corrected chi connectivity index (χ4v) is 20.9. The minimum atomic E-state index is -0.710. The molecule has 0 saturated heterocycles. The summed E-state index contributed by atoms with van der Waals surface area (Å²) in [4.78, 5) is 7.53. The average Bonchev–Trinajstić information content (AvgIpc) is 1.65. The topological polar surface area (TPSA) is 36.0 Å². The van der Waals surface area contributed by atoms with Crippen molar-refractivity contribution in [3.8, 4) is 44.5 Å². The van der Waals surface area contributed by atoms with E-state index in [0.717, 1.165) is 76.9 Å². The summed E-state index contributed by atoms with van der Waals surface area (Å²) in [5.41, 5.74) is 23.7. The van der Waals surface area contributed by atoms with Crippen LogP contribution in [0.5, 0.6) is 0 Å². The third-order valence-electron chi connectivity index (χ3n) is 27.9. The summed E-state index contributed by atoms with van der Waals surface area (Å²) in [6, 6.07) is 96.1. The van der Waals surface area contributed by atoms with Crippen LogP contribution in [0.2, 0.25) is 0 Å².